The summed E-state index contributed by atoms with van der Waals surface area (Å²) in [6, 6.07) is 5.29. The molecule has 0 bridgehead atoms. The molecule has 2 aromatic rings. The summed E-state index contributed by atoms with van der Waals surface area (Å²) in [5, 5.41) is 16.8. The number of carbonyl (C=O) groups is 1. The summed E-state index contributed by atoms with van der Waals surface area (Å²) in [4.78, 5) is 15.4. The van der Waals surface area contributed by atoms with Crippen molar-refractivity contribution in [3.63, 3.8) is 0 Å². The topological polar surface area (TPSA) is 90.1 Å². The van der Waals surface area contributed by atoms with Crippen LogP contribution in [0, 0.1) is 0 Å². The number of ether oxygens (including phenoxy) is 1. The van der Waals surface area contributed by atoms with Crippen LogP contribution in [0.1, 0.15) is 23.8 Å². The molecule has 0 spiro atoms. The molecule has 0 saturated carbocycles. The Kier molecular flexibility index (Phi) is 4.78. The molecule has 0 aliphatic rings. The fourth-order valence-corrected chi connectivity index (χ4v) is 1.77. The second-order valence-corrected chi connectivity index (χ2v) is 4.14. The molecule has 106 valence electrons. The zero-order valence-corrected chi connectivity index (χ0v) is 11.2. The normalized spacial score (nSPS) is 10.7. The molecule has 0 radical (unpaired) electrons. The molecule has 1 N–H and O–H groups in total. The molecular formula is C13H16N4O3. The molecule has 20 heavy (non-hydrogen) atoms. The summed E-state index contributed by atoms with van der Waals surface area (Å²) >= 11 is 0. The largest absolute Gasteiger partial charge is 0.476 e. The highest BCUT2D eigenvalue weighted by Gasteiger charge is 2.21. The lowest BCUT2D eigenvalue weighted by Crippen LogP contribution is -2.10. The standard InChI is InChI=1S/C13H16N4O3/c1-2-8-20-9-7-17-12(10-5-3-4-6-14-10)11(13(18)19)15-16-17/h3-6H,2,7-9H2,1H3,(H,18,19). The van der Waals surface area contributed by atoms with Gasteiger partial charge in [0.1, 0.15) is 5.69 Å². The van der Waals surface area contributed by atoms with Crippen LogP contribution in [0.15, 0.2) is 24.4 Å². The molecule has 0 saturated heterocycles. The van der Waals surface area contributed by atoms with Gasteiger partial charge in [0.25, 0.3) is 0 Å². The van der Waals surface area contributed by atoms with E-state index in [1.807, 2.05) is 6.92 Å². The Labute approximate surface area is 116 Å². The molecular weight excluding hydrogens is 260 g/mol. The van der Waals surface area contributed by atoms with Crippen molar-refractivity contribution < 1.29 is 14.6 Å². The minimum Gasteiger partial charge on any atom is -0.476 e. The molecule has 7 heteroatoms. The van der Waals surface area contributed by atoms with E-state index in [4.69, 9.17) is 4.74 Å². The maximum Gasteiger partial charge on any atom is 0.358 e. The van der Waals surface area contributed by atoms with Crippen LogP contribution >= 0.6 is 0 Å². The number of hydrogen-bond acceptors (Lipinski definition) is 5. The monoisotopic (exact) mass is 276 g/mol. The SMILES string of the molecule is CCCOCCn1nnc(C(=O)O)c1-c1ccccn1. The lowest BCUT2D eigenvalue weighted by Gasteiger charge is -2.07. The quantitative estimate of drug-likeness (QED) is 0.770. The third-order valence-electron chi connectivity index (χ3n) is 2.64. The van der Waals surface area contributed by atoms with Gasteiger partial charge in [0.05, 0.1) is 18.8 Å². The van der Waals surface area contributed by atoms with Crippen molar-refractivity contribution in [1.29, 1.82) is 0 Å². The van der Waals surface area contributed by atoms with Gasteiger partial charge in [0.15, 0.2) is 5.69 Å². The van der Waals surface area contributed by atoms with Crippen molar-refractivity contribution >= 4 is 5.97 Å². The lowest BCUT2D eigenvalue weighted by molar-refractivity contribution is 0.0691. The van der Waals surface area contributed by atoms with Crippen LogP contribution in [0.2, 0.25) is 0 Å². The summed E-state index contributed by atoms with van der Waals surface area (Å²) in [6.45, 7) is 3.58. The number of carboxylic acids is 1. The van der Waals surface area contributed by atoms with Crippen LogP contribution < -0.4 is 0 Å². The van der Waals surface area contributed by atoms with Crippen molar-refractivity contribution in [1.82, 2.24) is 20.0 Å². The molecule has 0 aliphatic carbocycles. The third kappa shape index (κ3) is 3.18. The Morgan fingerprint density at radius 2 is 2.25 bits per heavy atom. The zero-order valence-electron chi connectivity index (χ0n) is 11.2. The molecule has 0 aliphatic heterocycles. The highest BCUT2D eigenvalue weighted by atomic mass is 16.5. The van der Waals surface area contributed by atoms with Gasteiger partial charge >= 0.3 is 5.97 Å². The van der Waals surface area contributed by atoms with Crippen LogP contribution in [-0.2, 0) is 11.3 Å². The molecule has 7 nitrogen and oxygen atoms in total. The predicted octanol–water partition coefficient (Wildman–Crippen LogP) is 1.46. The van der Waals surface area contributed by atoms with E-state index in [-0.39, 0.29) is 5.69 Å². The Balaban J connectivity index is 2.26. The molecule has 0 fully saturated rings. The second kappa shape index (κ2) is 6.76. The van der Waals surface area contributed by atoms with Crippen molar-refractivity contribution in [3.8, 4) is 11.4 Å². The van der Waals surface area contributed by atoms with Crippen molar-refractivity contribution in [2.75, 3.05) is 13.2 Å². The van der Waals surface area contributed by atoms with Crippen molar-refractivity contribution in [3.05, 3.63) is 30.1 Å². The van der Waals surface area contributed by atoms with E-state index in [2.05, 4.69) is 15.3 Å². The fraction of sp³-hybridized carbons (Fsp3) is 0.385. The Morgan fingerprint density at radius 3 is 2.90 bits per heavy atom. The van der Waals surface area contributed by atoms with Gasteiger partial charge in [-0.1, -0.05) is 18.2 Å². The number of hydrogen-bond donors (Lipinski definition) is 1. The minimum absolute atomic E-state index is 0.0980. The number of aromatic nitrogens is 4. The Morgan fingerprint density at radius 1 is 1.40 bits per heavy atom. The molecule has 2 heterocycles. The van der Waals surface area contributed by atoms with Crippen LogP contribution in [0.25, 0.3) is 11.4 Å². The van der Waals surface area contributed by atoms with E-state index in [0.29, 0.717) is 31.1 Å². The molecule has 0 amide bonds. The highest BCUT2D eigenvalue weighted by molar-refractivity contribution is 5.92. The first-order valence-corrected chi connectivity index (χ1v) is 6.40. The maximum atomic E-state index is 11.2. The molecule has 0 aromatic carbocycles. The summed E-state index contributed by atoms with van der Waals surface area (Å²) in [6.07, 6.45) is 2.54. The number of rotatable bonds is 7. The van der Waals surface area contributed by atoms with Gasteiger partial charge < -0.3 is 9.84 Å². The molecule has 0 unspecified atom stereocenters. The first kappa shape index (κ1) is 14.1. The first-order chi connectivity index (χ1) is 9.74. The summed E-state index contributed by atoms with van der Waals surface area (Å²) < 4.78 is 6.91. The number of aromatic carboxylic acids is 1. The minimum atomic E-state index is -1.12. The summed E-state index contributed by atoms with van der Waals surface area (Å²) in [5.74, 6) is -1.12. The predicted molar refractivity (Wildman–Crippen MR) is 71.3 cm³/mol. The van der Waals surface area contributed by atoms with Crippen LogP contribution in [-0.4, -0.2) is 44.3 Å². The maximum absolute atomic E-state index is 11.2. The van der Waals surface area contributed by atoms with E-state index < -0.39 is 5.97 Å². The van der Waals surface area contributed by atoms with E-state index in [9.17, 15) is 9.90 Å². The van der Waals surface area contributed by atoms with Gasteiger partial charge in [-0.3, -0.25) is 4.98 Å². The van der Waals surface area contributed by atoms with Crippen molar-refractivity contribution in [2.24, 2.45) is 0 Å². The Hall–Kier alpha value is -2.28. The lowest BCUT2D eigenvalue weighted by atomic mass is 10.2. The summed E-state index contributed by atoms with van der Waals surface area (Å²) in [7, 11) is 0. The Bertz CT molecular complexity index is 568. The highest BCUT2D eigenvalue weighted by Crippen LogP contribution is 2.19. The van der Waals surface area contributed by atoms with Gasteiger partial charge in [0.2, 0.25) is 0 Å². The molecule has 2 aromatic heterocycles. The van der Waals surface area contributed by atoms with Gasteiger partial charge in [-0.15, -0.1) is 5.10 Å². The van der Waals surface area contributed by atoms with Crippen LogP contribution in [0.3, 0.4) is 0 Å². The van der Waals surface area contributed by atoms with E-state index in [1.165, 1.54) is 4.68 Å². The average Bonchev–Trinajstić information content (AvgIpc) is 2.88. The van der Waals surface area contributed by atoms with Gasteiger partial charge in [-0.25, -0.2) is 9.48 Å². The summed E-state index contributed by atoms with van der Waals surface area (Å²) in [5.41, 5.74) is 0.836. The van der Waals surface area contributed by atoms with Crippen LogP contribution in [0.5, 0.6) is 0 Å². The number of carboxylic acid groups (broad SMARTS) is 1. The van der Waals surface area contributed by atoms with Gasteiger partial charge in [0, 0.05) is 12.8 Å². The zero-order chi connectivity index (χ0) is 14.4. The van der Waals surface area contributed by atoms with Gasteiger partial charge in [-0.05, 0) is 18.6 Å². The average molecular weight is 276 g/mol. The van der Waals surface area contributed by atoms with E-state index >= 15 is 0 Å². The first-order valence-electron chi connectivity index (χ1n) is 6.40. The smallest absolute Gasteiger partial charge is 0.358 e. The number of pyridine rings is 1. The number of nitrogens with zero attached hydrogens (tertiary/aromatic N) is 4. The molecule has 0 atom stereocenters. The van der Waals surface area contributed by atoms with Crippen molar-refractivity contribution in [2.45, 2.75) is 19.9 Å². The van der Waals surface area contributed by atoms with E-state index in [0.717, 1.165) is 6.42 Å². The second-order valence-electron chi connectivity index (χ2n) is 4.14. The fourth-order valence-electron chi connectivity index (χ4n) is 1.77. The van der Waals surface area contributed by atoms with Gasteiger partial charge in [-0.2, -0.15) is 0 Å². The van der Waals surface area contributed by atoms with E-state index in [1.54, 1.807) is 24.4 Å². The molecule has 2 rings (SSSR count). The third-order valence-corrected chi connectivity index (χ3v) is 2.64. The van der Waals surface area contributed by atoms with Crippen LogP contribution in [0.4, 0.5) is 0 Å².